The minimum absolute atomic E-state index is 0.0817. The van der Waals surface area contributed by atoms with Gasteiger partial charge in [-0.2, -0.15) is 0 Å². The van der Waals surface area contributed by atoms with Crippen molar-refractivity contribution < 1.29 is 39.1 Å². The van der Waals surface area contributed by atoms with Crippen molar-refractivity contribution in [3.05, 3.63) is 70.4 Å². The molecule has 4 aromatic rings. The molecule has 0 saturated heterocycles. The van der Waals surface area contributed by atoms with Crippen molar-refractivity contribution in [2.24, 2.45) is 0 Å². The number of rotatable bonds is 4. The number of phenols is 4. The first-order chi connectivity index (χ1) is 15.3. The second kappa shape index (κ2) is 7.88. The van der Waals surface area contributed by atoms with Crippen LogP contribution in [0, 0.1) is 0 Å². The Kier molecular flexibility index (Phi) is 5.07. The fourth-order valence-electron chi connectivity index (χ4n) is 3.12. The third-order valence-corrected chi connectivity index (χ3v) is 4.66. The summed E-state index contributed by atoms with van der Waals surface area (Å²) in [4.78, 5) is 25.9. The highest BCUT2D eigenvalue weighted by Crippen LogP contribution is 2.38. The fraction of sp³-hybridized carbons (Fsp3) is 0.0435. The zero-order valence-corrected chi connectivity index (χ0v) is 16.5. The summed E-state index contributed by atoms with van der Waals surface area (Å²) in [5, 5.41) is 39.1. The Labute approximate surface area is 179 Å². The van der Waals surface area contributed by atoms with E-state index in [0.717, 1.165) is 24.3 Å². The van der Waals surface area contributed by atoms with Crippen LogP contribution in [0.4, 0.5) is 0 Å². The number of carbonyl (C=O) groups excluding carboxylic acids is 1. The van der Waals surface area contributed by atoms with Crippen molar-refractivity contribution in [3.8, 4) is 45.8 Å². The molecule has 1 aromatic heterocycles. The number of methoxy groups -OCH3 is 1. The molecule has 0 amide bonds. The molecule has 3 aromatic carbocycles. The maximum Gasteiger partial charge on any atom is 0.343 e. The van der Waals surface area contributed by atoms with Crippen LogP contribution in [0.3, 0.4) is 0 Å². The van der Waals surface area contributed by atoms with Gasteiger partial charge >= 0.3 is 5.97 Å². The van der Waals surface area contributed by atoms with Crippen LogP contribution >= 0.6 is 0 Å². The van der Waals surface area contributed by atoms with E-state index in [-0.39, 0.29) is 33.6 Å². The van der Waals surface area contributed by atoms with Gasteiger partial charge in [-0.1, -0.05) is 6.07 Å². The van der Waals surface area contributed by atoms with E-state index in [1.807, 2.05) is 0 Å². The van der Waals surface area contributed by atoms with Crippen LogP contribution in [0.25, 0.3) is 22.3 Å². The van der Waals surface area contributed by atoms with E-state index in [2.05, 4.69) is 0 Å². The Bertz CT molecular complexity index is 1420. The molecule has 0 saturated carbocycles. The number of fused-ring (bicyclic) bond motifs is 1. The standard InChI is InChI=1S/C23H16O9/c1-30-14-4-2-3-12(7-14)23(29)32-22-20(28)19-17(27)9-13(24)10-18(19)31-21(22)11-5-6-15(25)16(26)8-11/h2-10,24-27H,1H3. The largest absolute Gasteiger partial charge is 0.508 e. The lowest BCUT2D eigenvalue weighted by molar-refractivity contribution is 0.0731. The fourth-order valence-corrected chi connectivity index (χ4v) is 3.12. The summed E-state index contributed by atoms with van der Waals surface area (Å²) >= 11 is 0. The molecule has 0 fully saturated rings. The average molecular weight is 436 g/mol. The molecule has 4 N–H and O–H groups in total. The van der Waals surface area contributed by atoms with Crippen LogP contribution in [-0.4, -0.2) is 33.5 Å². The third-order valence-electron chi connectivity index (χ3n) is 4.66. The summed E-state index contributed by atoms with van der Waals surface area (Å²) in [5.74, 6) is -3.20. The zero-order valence-electron chi connectivity index (χ0n) is 16.5. The topological polar surface area (TPSA) is 147 Å². The van der Waals surface area contributed by atoms with Gasteiger partial charge in [0.2, 0.25) is 11.2 Å². The molecule has 0 atom stereocenters. The molecule has 9 nitrogen and oxygen atoms in total. The predicted octanol–water partition coefficient (Wildman–Crippen LogP) is 3.51. The van der Waals surface area contributed by atoms with Crippen molar-refractivity contribution >= 4 is 16.9 Å². The number of carbonyl (C=O) groups is 1. The highest BCUT2D eigenvalue weighted by atomic mass is 16.5. The van der Waals surface area contributed by atoms with Crippen LogP contribution < -0.4 is 14.9 Å². The number of benzene rings is 3. The maximum absolute atomic E-state index is 13.2. The second-order valence-corrected chi connectivity index (χ2v) is 6.75. The van der Waals surface area contributed by atoms with Gasteiger partial charge in [0.1, 0.15) is 28.2 Å². The van der Waals surface area contributed by atoms with E-state index >= 15 is 0 Å². The maximum atomic E-state index is 13.2. The van der Waals surface area contributed by atoms with Crippen molar-refractivity contribution in [2.45, 2.75) is 0 Å². The summed E-state index contributed by atoms with van der Waals surface area (Å²) in [6.07, 6.45) is 0. The Hall–Kier alpha value is -4.66. The number of hydrogen-bond acceptors (Lipinski definition) is 9. The monoisotopic (exact) mass is 436 g/mol. The van der Waals surface area contributed by atoms with Crippen LogP contribution in [-0.2, 0) is 0 Å². The molecule has 0 aliphatic carbocycles. The molecule has 9 heteroatoms. The summed E-state index contributed by atoms with van der Waals surface area (Å²) < 4.78 is 16.1. The first-order valence-electron chi connectivity index (χ1n) is 9.20. The SMILES string of the molecule is COc1cccc(C(=O)Oc2c(-c3ccc(O)c(O)c3)oc3cc(O)cc(O)c3c2=O)c1. The summed E-state index contributed by atoms with van der Waals surface area (Å²) in [6, 6.07) is 11.7. The summed E-state index contributed by atoms with van der Waals surface area (Å²) in [6.45, 7) is 0. The number of esters is 1. The van der Waals surface area contributed by atoms with E-state index < -0.39 is 34.4 Å². The highest BCUT2D eigenvalue weighted by Gasteiger charge is 2.24. The molecular formula is C23H16O9. The van der Waals surface area contributed by atoms with Gasteiger partial charge in [-0.3, -0.25) is 4.79 Å². The molecule has 0 bridgehead atoms. The van der Waals surface area contributed by atoms with Crippen LogP contribution in [0.5, 0.6) is 34.5 Å². The number of hydrogen-bond donors (Lipinski definition) is 4. The van der Waals surface area contributed by atoms with E-state index in [4.69, 9.17) is 13.9 Å². The average Bonchev–Trinajstić information content (AvgIpc) is 2.76. The van der Waals surface area contributed by atoms with Gasteiger partial charge in [0.25, 0.3) is 0 Å². The molecular weight excluding hydrogens is 420 g/mol. The van der Waals surface area contributed by atoms with E-state index in [9.17, 15) is 30.0 Å². The molecule has 0 aliphatic rings. The molecule has 4 rings (SSSR count). The van der Waals surface area contributed by atoms with Crippen molar-refractivity contribution in [1.82, 2.24) is 0 Å². The van der Waals surface area contributed by atoms with E-state index in [1.165, 1.54) is 25.3 Å². The predicted molar refractivity (Wildman–Crippen MR) is 113 cm³/mol. The van der Waals surface area contributed by atoms with Gasteiger partial charge in [-0.15, -0.1) is 0 Å². The zero-order chi connectivity index (χ0) is 23.0. The number of phenolic OH excluding ortho intramolecular Hbond substituents is 4. The first-order valence-corrected chi connectivity index (χ1v) is 9.20. The third kappa shape index (κ3) is 3.63. The lowest BCUT2D eigenvalue weighted by atomic mass is 10.1. The molecule has 162 valence electrons. The highest BCUT2D eigenvalue weighted by molar-refractivity contribution is 5.94. The van der Waals surface area contributed by atoms with Gasteiger partial charge < -0.3 is 34.3 Å². The molecule has 0 aliphatic heterocycles. The molecule has 0 spiro atoms. The molecule has 0 radical (unpaired) electrons. The Balaban J connectivity index is 1.94. The number of aromatic hydroxyl groups is 4. The van der Waals surface area contributed by atoms with Gasteiger partial charge in [-0.05, 0) is 36.4 Å². The van der Waals surface area contributed by atoms with Crippen molar-refractivity contribution in [1.29, 1.82) is 0 Å². The van der Waals surface area contributed by atoms with Crippen LogP contribution in [0.1, 0.15) is 10.4 Å². The van der Waals surface area contributed by atoms with Gasteiger partial charge in [0.15, 0.2) is 17.3 Å². The Morgan fingerprint density at radius 1 is 0.906 bits per heavy atom. The lowest BCUT2D eigenvalue weighted by Gasteiger charge is -2.12. The Morgan fingerprint density at radius 2 is 1.69 bits per heavy atom. The van der Waals surface area contributed by atoms with Crippen molar-refractivity contribution in [2.75, 3.05) is 7.11 Å². The van der Waals surface area contributed by atoms with Gasteiger partial charge in [-0.25, -0.2) is 4.79 Å². The van der Waals surface area contributed by atoms with Gasteiger partial charge in [0.05, 0.1) is 12.7 Å². The molecule has 0 unspecified atom stereocenters. The van der Waals surface area contributed by atoms with Gasteiger partial charge in [0, 0.05) is 17.7 Å². The van der Waals surface area contributed by atoms with Crippen LogP contribution in [0.15, 0.2) is 63.8 Å². The van der Waals surface area contributed by atoms with Crippen LogP contribution in [0.2, 0.25) is 0 Å². The smallest absolute Gasteiger partial charge is 0.343 e. The second-order valence-electron chi connectivity index (χ2n) is 6.75. The normalized spacial score (nSPS) is 10.8. The lowest BCUT2D eigenvalue weighted by Crippen LogP contribution is -2.16. The van der Waals surface area contributed by atoms with Crippen molar-refractivity contribution in [3.63, 3.8) is 0 Å². The summed E-state index contributed by atoms with van der Waals surface area (Å²) in [7, 11) is 1.43. The molecule has 1 heterocycles. The minimum Gasteiger partial charge on any atom is -0.508 e. The Morgan fingerprint density at radius 3 is 2.41 bits per heavy atom. The quantitative estimate of drug-likeness (QED) is 0.279. The first kappa shape index (κ1) is 20.6. The number of ether oxygens (including phenoxy) is 2. The minimum atomic E-state index is -0.905. The van der Waals surface area contributed by atoms with E-state index in [0.29, 0.717) is 5.75 Å². The van der Waals surface area contributed by atoms with E-state index in [1.54, 1.807) is 12.1 Å². The molecule has 32 heavy (non-hydrogen) atoms. The summed E-state index contributed by atoms with van der Waals surface area (Å²) in [5.41, 5.74) is -0.896.